The zero-order chi connectivity index (χ0) is 17.5. The highest BCUT2D eigenvalue weighted by molar-refractivity contribution is 5.42. The van der Waals surface area contributed by atoms with Crippen LogP contribution in [-0.4, -0.2) is 12.1 Å². The van der Waals surface area contributed by atoms with E-state index in [1.807, 2.05) is 6.07 Å². The van der Waals surface area contributed by atoms with Gasteiger partial charge in [0.05, 0.1) is 7.11 Å². The molecule has 0 saturated heterocycles. The van der Waals surface area contributed by atoms with Crippen LogP contribution < -0.4 is 10.5 Å². The van der Waals surface area contributed by atoms with Gasteiger partial charge in [-0.05, 0) is 91.5 Å². The first-order valence-corrected chi connectivity index (χ1v) is 9.40. The van der Waals surface area contributed by atoms with Crippen molar-refractivity contribution in [2.45, 2.75) is 57.3 Å². The second kappa shape index (κ2) is 6.05. The minimum atomic E-state index is 0.374. The molecule has 0 radical (unpaired) electrons. The summed E-state index contributed by atoms with van der Waals surface area (Å²) in [5.74, 6) is 1.71. The average molecular weight is 336 g/mol. The molecule has 132 valence electrons. The van der Waals surface area contributed by atoms with Crippen LogP contribution in [0.3, 0.4) is 0 Å². The summed E-state index contributed by atoms with van der Waals surface area (Å²) in [4.78, 5) is 4.28. The third-order valence-corrected chi connectivity index (χ3v) is 6.90. The van der Waals surface area contributed by atoms with Crippen LogP contribution in [0.5, 0.6) is 5.75 Å². The van der Waals surface area contributed by atoms with Gasteiger partial charge in [0.1, 0.15) is 11.6 Å². The molecular weight excluding hydrogens is 308 g/mol. The van der Waals surface area contributed by atoms with Crippen LogP contribution in [0.2, 0.25) is 0 Å². The van der Waals surface area contributed by atoms with E-state index in [0.717, 1.165) is 12.2 Å². The summed E-state index contributed by atoms with van der Waals surface area (Å²) in [5, 5.41) is 0. The highest BCUT2D eigenvalue weighted by Gasteiger charge is 2.49. The first-order chi connectivity index (χ1) is 12.1. The van der Waals surface area contributed by atoms with Crippen molar-refractivity contribution >= 4 is 5.82 Å². The Labute approximate surface area is 150 Å². The van der Waals surface area contributed by atoms with Crippen molar-refractivity contribution < 1.29 is 4.74 Å². The Balaban J connectivity index is 1.54. The largest absolute Gasteiger partial charge is 0.496 e. The summed E-state index contributed by atoms with van der Waals surface area (Å²) in [6.45, 7) is 2.15. The first-order valence-electron chi connectivity index (χ1n) is 9.40. The summed E-state index contributed by atoms with van der Waals surface area (Å²) >= 11 is 0. The molecule has 3 aliphatic rings. The molecule has 25 heavy (non-hydrogen) atoms. The van der Waals surface area contributed by atoms with Crippen LogP contribution in [0.25, 0.3) is 0 Å². The van der Waals surface area contributed by atoms with E-state index >= 15 is 0 Å². The van der Waals surface area contributed by atoms with Crippen molar-refractivity contribution in [1.29, 1.82) is 0 Å². The van der Waals surface area contributed by atoms with E-state index in [4.69, 9.17) is 10.5 Å². The van der Waals surface area contributed by atoms with Crippen LogP contribution >= 0.6 is 0 Å². The summed E-state index contributed by atoms with van der Waals surface area (Å²) in [6, 6.07) is 11.0. The van der Waals surface area contributed by atoms with Crippen molar-refractivity contribution in [1.82, 2.24) is 4.98 Å². The van der Waals surface area contributed by atoms with Crippen LogP contribution in [-0.2, 0) is 11.8 Å². The average Bonchev–Trinajstić information content (AvgIpc) is 2.65. The fourth-order valence-electron chi connectivity index (χ4n) is 5.17. The smallest absolute Gasteiger partial charge is 0.126 e. The lowest BCUT2D eigenvalue weighted by Gasteiger charge is -2.54. The lowest BCUT2D eigenvalue weighted by molar-refractivity contribution is 0.0401. The molecule has 2 aromatic rings. The molecule has 2 N–H and O–H groups in total. The molecule has 3 saturated carbocycles. The fourth-order valence-corrected chi connectivity index (χ4v) is 5.17. The molecular formula is C22H28N2O. The van der Waals surface area contributed by atoms with Crippen molar-refractivity contribution in [2.24, 2.45) is 5.41 Å². The number of nitrogens with two attached hydrogens (primary N) is 1. The normalized spacial score (nSPS) is 28.1. The summed E-state index contributed by atoms with van der Waals surface area (Å²) < 4.78 is 5.44. The number of hydrogen-bond donors (Lipinski definition) is 1. The summed E-state index contributed by atoms with van der Waals surface area (Å²) in [7, 11) is 1.75. The SMILES string of the molecule is COc1ccc(C23CCC(Cc4cccnc4N)(CC2)CC3)cc1C. The summed E-state index contributed by atoms with van der Waals surface area (Å²) in [6.07, 6.45) is 10.6. The van der Waals surface area contributed by atoms with Crippen LogP contribution in [0, 0.1) is 12.3 Å². The fraction of sp³-hybridized carbons (Fsp3) is 0.500. The minimum absolute atomic E-state index is 0.374. The molecule has 3 heteroatoms. The molecule has 3 nitrogen and oxygen atoms in total. The van der Waals surface area contributed by atoms with Crippen molar-refractivity contribution in [3.63, 3.8) is 0 Å². The zero-order valence-corrected chi connectivity index (χ0v) is 15.3. The third-order valence-electron chi connectivity index (χ3n) is 6.90. The standard InChI is InChI=1S/C22H28N2O/c1-16-14-18(5-6-19(16)25-2)22-10-7-21(8-11-22,9-12-22)15-17-4-3-13-24-20(17)23/h3-6,13-14H,7-12,15H2,1-2H3,(H2,23,24). The van der Waals surface area contributed by atoms with Gasteiger partial charge in [-0.3, -0.25) is 0 Å². The number of ether oxygens (including phenoxy) is 1. The van der Waals surface area contributed by atoms with Crippen molar-refractivity contribution in [3.8, 4) is 5.75 Å². The van der Waals surface area contributed by atoms with Gasteiger partial charge >= 0.3 is 0 Å². The number of nitrogens with zero attached hydrogens (tertiary/aromatic N) is 1. The zero-order valence-electron chi connectivity index (χ0n) is 15.3. The van der Waals surface area contributed by atoms with Gasteiger partial charge in [-0.15, -0.1) is 0 Å². The maximum atomic E-state index is 6.10. The van der Waals surface area contributed by atoms with E-state index in [-0.39, 0.29) is 0 Å². The molecule has 1 heterocycles. The predicted octanol–water partition coefficient (Wildman–Crippen LogP) is 4.82. The lowest BCUT2D eigenvalue weighted by atomic mass is 9.50. The second-order valence-corrected chi connectivity index (χ2v) is 8.19. The van der Waals surface area contributed by atoms with Gasteiger partial charge < -0.3 is 10.5 Å². The van der Waals surface area contributed by atoms with E-state index in [1.165, 1.54) is 55.2 Å². The van der Waals surface area contributed by atoms with Crippen molar-refractivity contribution in [3.05, 3.63) is 53.2 Å². The number of aromatic nitrogens is 1. The van der Waals surface area contributed by atoms with E-state index < -0.39 is 0 Å². The van der Waals surface area contributed by atoms with Crippen LogP contribution in [0.15, 0.2) is 36.5 Å². The van der Waals surface area contributed by atoms with Gasteiger partial charge in [0.25, 0.3) is 0 Å². The molecule has 0 amide bonds. The minimum Gasteiger partial charge on any atom is -0.496 e. The predicted molar refractivity (Wildman–Crippen MR) is 102 cm³/mol. The third kappa shape index (κ3) is 2.80. The Morgan fingerprint density at radius 3 is 2.40 bits per heavy atom. The van der Waals surface area contributed by atoms with E-state index in [9.17, 15) is 0 Å². The van der Waals surface area contributed by atoms with E-state index in [2.05, 4.69) is 36.2 Å². The second-order valence-electron chi connectivity index (χ2n) is 8.19. The van der Waals surface area contributed by atoms with E-state index in [0.29, 0.717) is 16.6 Å². The Morgan fingerprint density at radius 2 is 1.80 bits per heavy atom. The molecule has 5 rings (SSSR count). The van der Waals surface area contributed by atoms with Gasteiger partial charge in [-0.2, -0.15) is 0 Å². The number of fused-ring (bicyclic) bond motifs is 3. The van der Waals surface area contributed by atoms with Crippen LogP contribution in [0.4, 0.5) is 5.82 Å². The Kier molecular flexibility index (Phi) is 3.98. The molecule has 0 atom stereocenters. The molecule has 1 aromatic heterocycles. The maximum Gasteiger partial charge on any atom is 0.126 e. The Bertz CT molecular complexity index is 759. The highest BCUT2D eigenvalue weighted by atomic mass is 16.5. The van der Waals surface area contributed by atoms with Gasteiger partial charge in [-0.1, -0.05) is 18.2 Å². The number of pyridine rings is 1. The number of benzene rings is 1. The molecule has 0 unspecified atom stereocenters. The highest BCUT2D eigenvalue weighted by Crippen LogP contribution is 2.59. The molecule has 1 aromatic carbocycles. The Hall–Kier alpha value is -2.03. The molecule has 2 bridgehead atoms. The number of aryl methyl sites for hydroxylation is 1. The quantitative estimate of drug-likeness (QED) is 0.871. The molecule has 0 spiro atoms. The monoisotopic (exact) mass is 336 g/mol. The lowest BCUT2D eigenvalue weighted by Crippen LogP contribution is -2.45. The van der Waals surface area contributed by atoms with Crippen LogP contribution in [0.1, 0.15) is 55.2 Å². The maximum absolute atomic E-state index is 6.10. The summed E-state index contributed by atoms with van der Waals surface area (Å²) in [5.41, 5.74) is 10.9. The molecule has 3 aliphatic carbocycles. The number of methoxy groups -OCH3 is 1. The number of rotatable bonds is 4. The first kappa shape index (κ1) is 16.4. The topological polar surface area (TPSA) is 48.1 Å². The molecule has 0 aliphatic heterocycles. The van der Waals surface area contributed by atoms with E-state index in [1.54, 1.807) is 13.3 Å². The van der Waals surface area contributed by atoms with Gasteiger partial charge in [-0.25, -0.2) is 4.98 Å². The van der Waals surface area contributed by atoms with Crippen molar-refractivity contribution in [2.75, 3.05) is 12.8 Å². The molecule has 3 fully saturated rings. The number of anilines is 1. The van der Waals surface area contributed by atoms with Gasteiger partial charge in [0.2, 0.25) is 0 Å². The number of hydrogen-bond acceptors (Lipinski definition) is 3. The van der Waals surface area contributed by atoms with Gasteiger partial charge in [0, 0.05) is 6.20 Å². The number of nitrogen functional groups attached to an aromatic ring is 1. The van der Waals surface area contributed by atoms with Gasteiger partial charge in [0.15, 0.2) is 0 Å². The Morgan fingerprint density at radius 1 is 1.08 bits per heavy atom.